The van der Waals surface area contributed by atoms with E-state index in [1.165, 1.54) is 69.8 Å². The molecule has 6 aliphatic rings. The molecular formula is C40H58N2O3. The van der Waals surface area contributed by atoms with Crippen LogP contribution in [0.2, 0.25) is 0 Å². The molecule has 1 aromatic rings. The highest BCUT2D eigenvalue weighted by Crippen LogP contribution is 2.72. The van der Waals surface area contributed by atoms with Gasteiger partial charge in [0.15, 0.2) is 0 Å². The Morgan fingerprint density at radius 2 is 1.76 bits per heavy atom. The van der Waals surface area contributed by atoms with Gasteiger partial charge in [0.05, 0.1) is 6.61 Å². The molecule has 0 radical (unpaired) electrons. The second-order valence-corrected chi connectivity index (χ2v) is 17.2. The first-order valence-corrected chi connectivity index (χ1v) is 18.4. The molecule has 5 nitrogen and oxygen atoms in total. The molecule has 45 heavy (non-hydrogen) atoms. The van der Waals surface area contributed by atoms with E-state index in [-0.39, 0.29) is 16.9 Å². The largest absolute Gasteiger partial charge is 0.476 e. The Morgan fingerprint density at radius 1 is 0.911 bits per heavy atom. The lowest BCUT2D eigenvalue weighted by atomic mass is 9.37. The van der Waals surface area contributed by atoms with Gasteiger partial charge >= 0.3 is 5.97 Å². The first kappa shape index (κ1) is 31.5. The summed E-state index contributed by atoms with van der Waals surface area (Å²) in [5.41, 5.74) is 10.4. The number of carbonyl (C=O) groups excluding carboxylic acids is 1. The molecule has 7 rings (SSSR count). The Hall–Kier alpha value is -2.14. The first-order chi connectivity index (χ1) is 21.5. The number of ether oxygens (including phenoxy) is 2. The van der Waals surface area contributed by atoms with Crippen LogP contribution in [0.3, 0.4) is 0 Å². The van der Waals surface area contributed by atoms with Crippen molar-refractivity contribution >= 4 is 5.97 Å². The van der Waals surface area contributed by atoms with E-state index in [1.807, 2.05) is 25.1 Å². The third kappa shape index (κ3) is 4.87. The zero-order valence-corrected chi connectivity index (χ0v) is 28.7. The molecule has 8 unspecified atom stereocenters. The number of esters is 1. The molecule has 0 saturated heterocycles. The molecule has 4 saturated carbocycles. The summed E-state index contributed by atoms with van der Waals surface area (Å²) in [6.07, 6.45) is 22.3. The Balaban J connectivity index is 1.12. The van der Waals surface area contributed by atoms with Crippen LogP contribution in [0.4, 0.5) is 0 Å². The minimum absolute atomic E-state index is 0.107. The monoisotopic (exact) mass is 614 g/mol. The van der Waals surface area contributed by atoms with E-state index in [2.05, 4.69) is 44.8 Å². The summed E-state index contributed by atoms with van der Waals surface area (Å²) in [5, 5.41) is 0. The second-order valence-electron chi connectivity index (χ2n) is 17.2. The van der Waals surface area contributed by atoms with Gasteiger partial charge in [-0.05, 0) is 147 Å². The second kappa shape index (κ2) is 11.2. The van der Waals surface area contributed by atoms with Gasteiger partial charge in [0.1, 0.15) is 12.0 Å². The molecule has 6 aliphatic carbocycles. The highest BCUT2D eigenvalue weighted by Gasteiger charge is 2.65. The maximum absolute atomic E-state index is 13.4. The molecule has 246 valence electrons. The third-order valence-corrected chi connectivity index (χ3v) is 15.0. The van der Waals surface area contributed by atoms with Crippen LogP contribution >= 0.6 is 0 Å². The lowest BCUT2D eigenvalue weighted by molar-refractivity contribution is -0.173. The molecule has 0 spiro atoms. The third-order valence-electron chi connectivity index (χ3n) is 15.0. The van der Waals surface area contributed by atoms with E-state index >= 15 is 0 Å². The topological polar surface area (TPSA) is 74.4 Å². The summed E-state index contributed by atoms with van der Waals surface area (Å²) in [6, 6.07) is 5.64. The predicted molar refractivity (Wildman–Crippen MR) is 179 cm³/mol. The van der Waals surface area contributed by atoms with E-state index in [0.717, 1.165) is 36.5 Å². The van der Waals surface area contributed by atoms with Crippen molar-refractivity contribution in [2.75, 3.05) is 13.2 Å². The van der Waals surface area contributed by atoms with Gasteiger partial charge in [-0.1, -0.05) is 52.3 Å². The van der Waals surface area contributed by atoms with E-state index in [9.17, 15) is 4.79 Å². The molecule has 1 aromatic heterocycles. The minimum Gasteiger partial charge on any atom is -0.476 e. The smallest absolute Gasteiger partial charge is 0.315 e. The van der Waals surface area contributed by atoms with Gasteiger partial charge in [0.2, 0.25) is 5.88 Å². The van der Waals surface area contributed by atoms with Gasteiger partial charge in [-0.3, -0.25) is 4.79 Å². The summed E-state index contributed by atoms with van der Waals surface area (Å²) in [6.45, 7) is 13.0. The Labute approximate surface area is 272 Å². The lowest BCUT2D eigenvalue weighted by Crippen LogP contribution is -2.63. The Kier molecular flexibility index (Phi) is 7.86. The first-order valence-electron chi connectivity index (χ1n) is 18.4. The molecule has 2 N–H and O–H groups in total. The summed E-state index contributed by atoms with van der Waals surface area (Å²) < 4.78 is 11.7. The van der Waals surface area contributed by atoms with Gasteiger partial charge in [-0.15, -0.1) is 0 Å². The van der Waals surface area contributed by atoms with Gasteiger partial charge < -0.3 is 15.2 Å². The molecule has 1 heterocycles. The maximum Gasteiger partial charge on any atom is 0.315 e. The van der Waals surface area contributed by atoms with Crippen LogP contribution in [-0.4, -0.2) is 29.7 Å². The highest BCUT2D eigenvalue weighted by atomic mass is 16.5. The summed E-state index contributed by atoms with van der Waals surface area (Å²) >= 11 is 0. The van der Waals surface area contributed by atoms with Crippen molar-refractivity contribution < 1.29 is 14.3 Å². The maximum atomic E-state index is 13.4. The van der Waals surface area contributed by atoms with Gasteiger partial charge in [-0.2, -0.15) is 0 Å². The SMILES string of the molecule is CCOC(=O)C1(COc2ccccn2)CC=C(C2=CCC3(C)C(CCC4(C)C5CCC6(N)CCC[C@@H]6C5CCC43)C2(C)C)CC1. The van der Waals surface area contributed by atoms with Crippen molar-refractivity contribution in [1.82, 2.24) is 4.98 Å². The summed E-state index contributed by atoms with van der Waals surface area (Å²) in [4.78, 5) is 17.7. The summed E-state index contributed by atoms with van der Waals surface area (Å²) in [7, 11) is 0. The normalized spacial score (nSPS) is 43.5. The van der Waals surface area contributed by atoms with Crippen LogP contribution < -0.4 is 10.5 Å². The average Bonchev–Trinajstić information content (AvgIpc) is 3.43. The number of carbonyl (C=O) groups is 1. The molecule has 0 aromatic carbocycles. The van der Waals surface area contributed by atoms with E-state index < -0.39 is 5.41 Å². The quantitative estimate of drug-likeness (QED) is 0.324. The standard InChI is InChI=1S/C40H58N2O3/c1-6-44-35(43)39(26-45-34-11-7-8-25-42-34)22-14-27(15-23-39)29-16-20-38(5)32(36(29,2)3)18-21-37(4)30-17-24-40(41)19-9-10-31(40)28(30)12-13-33(37)38/h7-8,11,14,16,25,28,30-33H,6,9-10,12-13,15,17-24,26,41H2,1-5H3/t28?,30?,31-,32?,33?,37?,38?,39?,40?/m1/s1. The number of rotatable bonds is 6. The van der Waals surface area contributed by atoms with E-state index in [4.69, 9.17) is 15.2 Å². The number of hydrogen-bond acceptors (Lipinski definition) is 5. The van der Waals surface area contributed by atoms with Crippen molar-refractivity contribution in [2.45, 2.75) is 124 Å². The van der Waals surface area contributed by atoms with Crippen molar-refractivity contribution in [1.29, 1.82) is 0 Å². The van der Waals surface area contributed by atoms with E-state index in [1.54, 1.807) is 11.8 Å². The van der Waals surface area contributed by atoms with Gasteiger partial charge in [0, 0.05) is 17.8 Å². The Morgan fingerprint density at radius 3 is 2.49 bits per heavy atom. The van der Waals surface area contributed by atoms with Crippen molar-refractivity contribution in [3.63, 3.8) is 0 Å². The minimum atomic E-state index is -0.670. The fourth-order valence-corrected chi connectivity index (χ4v) is 12.9. The zero-order chi connectivity index (χ0) is 31.7. The highest BCUT2D eigenvalue weighted by molar-refractivity contribution is 5.78. The number of allylic oxidation sites excluding steroid dienone is 4. The molecule has 5 heteroatoms. The fourth-order valence-electron chi connectivity index (χ4n) is 12.9. The van der Waals surface area contributed by atoms with Crippen molar-refractivity contribution in [2.24, 2.45) is 57.0 Å². The van der Waals surface area contributed by atoms with Crippen LogP contribution in [-0.2, 0) is 9.53 Å². The number of nitrogens with two attached hydrogens (primary N) is 1. The Bertz CT molecular complexity index is 1350. The van der Waals surface area contributed by atoms with Gasteiger partial charge in [0.25, 0.3) is 0 Å². The molecule has 0 amide bonds. The molecule has 4 fully saturated rings. The van der Waals surface area contributed by atoms with Crippen LogP contribution in [0, 0.1) is 51.2 Å². The molecule has 9 atom stereocenters. The van der Waals surface area contributed by atoms with Crippen LogP contribution in [0.15, 0.2) is 47.7 Å². The van der Waals surface area contributed by atoms with Crippen molar-refractivity contribution in [3.8, 4) is 5.88 Å². The predicted octanol–water partition coefficient (Wildman–Crippen LogP) is 8.83. The van der Waals surface area contributed by atoms with E-state index in [0.29, 0.717) is 42.3 Å². The molecular weight excluding hydrogens is 556 g/mol. The lowest BCUT2D eigenvalue weighted by Gasteiger charge is -2.68. The zero-order valence-electron chi connectivity index (χ0n) is 28.7. The number of nitrogens with zero attached hydrogens (tertiary/aromatic N) is 1. The number of fused-ring (bicyclic) bond motifs is 7. The average molecular weight is 615 g/mol. The number of aromatic nitrogens is 1. The van der Waals surface area contributed by atoms with Crippen LogP contribution in [0.1, 0.15) is 118 Å². The van der Waals surface area contributed by atoms with Crippen LogP contribution in [0.5, 0.6) is 5.88 Å². The number of pyridine rings is 1. The fraction of sp³-hybridized carbons (Fsp3) is 0.750. The number of hydrogen-bond donors (Lipinski definition) is 1. The van der Waals surface area contributed by atoms with Crippen LogP contribution in [0.25, 0.3) is 0 Å². The molecule has 0 aliphatic heterocycles. The van der Waals surface area contributed by atoms with Crippen molar-refractivity contribution in [3.05, 3.63) is 47.7 Å². The summed E-state index contributed by atoms with van der Waals surface area (Å²) in [5.74, 6) is 4.35. The molecule has 0 bridgehead atoms. The van der Waals surface area contributed by atoms with Gasteiger partial charge in [-0.25, -0.2) is 4.98 Å².